The Bertz CT molecular complexity index is 1020. The van der Waals surface area contributed by atoms with E-state index in [1.54, 1.807) is 0 Å². The second kappa shape index (κ2) is 8.56. The highest BCUT2D eigenvalue weighted by molar-refractivity contribution is 5.88. The smallest absolute Gasteiger partial charge is 0.0487 e. The van der Waals surface area contributed by atoms with Gasteiger partial charge in [0.2, 0.25) is 0 Å². The third kappa shape index (κ3) is 4.63. The van der Waals surface area contributed by atoms with Crippen molar-refractivity contribution >= 4 is 10.9 Å². The monoisotopic (exact) mass is 387 g/mol. The fourth-order valence-electron chi connectivity index (χ4n) is 4.18. The van der Waals surface area contributed by atoms with Crippen molar-refractivity contribution in [3.8, 4) is 11.1 Å². The number of benzene rings is 2. The summed E-state index contributed by atoms with van der Waals surface area (Å²) >= 11 is 0. The number of piperazine rings is 1. The third-order valence-electron chi connectivity index (χ3n) is 6.00. The minimum atomic E-state index is 0.936. The molecule has 0 spiro atoms. The van der Waals surface area contributed by atoms with Crippen molar-refractivity contribution in [2.75, 3.05) is 33.2 Å². The number of fused-ring (bicyclic) bond motifs is 1. The summed E-state index contributed by atoms with van der Waals surface area (Å²) < 4.78 is 2.41. The topological polar surface area (TPSA) is 11.4 Å². The van der Waals surface area contributed by atoms with Gasteiger partial charge in [-0.2, -0.15) is 0 Å². The Kier molecular flexibility index (Phi) is 5.89. The summed E-state index contributed by atoms with van der Waals surface area (Å²) in [7, 11) is 2.22. The fraction of sp³-hybridized carbons (Fsp3) is 0.385. The molecule has 29 heavy (non-hydrogen) atoms. The van der Waals surface area contributed by atoms with E-state index in [0.29, 0.717) is 0 Å². The second-order valence-electron chi connectivity index (χ2n) is 8.77. The molecule has 1 saturated heterocycles. The van der Waals surface area contributed by atoms with Gasteiger partial charge < -0.3 is 9.47 Å². The van der Waals surface area contributed by atoms with Crippen LogP contribution in [0.4, 0.5) is 0 Å². The molecule has 152 valence electrons. The first kappa shape index (κ1) is 19.9. The van der Waals surface area contributed by atoms with Crippen molar-refractivity contribution < 1.29 is 0 Å². The predicted octanol–water partition coefficient (Wildman–Crippen LogP) is 5.33. The second-order valence-corrected chi connectivity index (χ2v) is 8.77. The van der Waals surface area contributed by atoms with Gasteiger partial charge in [-0.15, -0.1) is 0 Å². The lowest BCUT2D eigenvalue weighted by molar-refractivity contribution is 0.148. The molecule has 0 unspecified atom stereocenters. The Balaban J connectivity index is 1.72. The standard InChI is InChI=1S/C26H33N3/c1-20(2)10-11-29-19-24(18-28-14-12-27(4)13-15-28)25-17-23(8-9-26(25)29)22-7-5-6-21(3)16-22/h5-10,16-17,19H,11-15,18H2,1-4H3. The summed E-state index contributed by atoms with van der Waals surface area (Å²) in [6.45, 7) is 13.1. The molecule has 3 heteroatoms. The molecule has 2 heterocycles. The van der Waals surface area contributed by atoms with Crippen LogP contribution in [0.15, 0.2) is 60.3 Å². The Hall–Kier alpha value is -2.36. The molecule has 0 bridgehead atoms. The van der Waals surface area contributed by atoms with Gasteiger partial charge in [0.15, 0.2) is 0 Å². The van der Waals surface area contributed by atoms with Crippen LogP contribution in [0.3, 0.4) is 0 Å². The molecule has 0 N–H and O–H groups in total. The zero-order valence-corrected chi connectivity index (χ0v) is 18.3. The molecule has 1 aromatic heterocycles. The van der Waals surface area contributed by atoms with Gasteiger partial charge in [0.1, 0.15) is 0 Å². The van der Waals surface area contributed by atoms with Gasteiger partial charge in [0, 0.05) is 56.4 Å². The number of nitrogens with zero attached hydrogens (tertiary/aromatic N) is 3. The molecule has 1 aliphatic rings. The molecule has 2 aromatic carbocycles. The third-order valence-corrected chi connectivity index (χ3v) is 6.00. The lowest BCUT2D eigenvalue weighted by Crippen LogP contribution is -2.43. The number of hydrogen-bond acceptors (Lipinski definition) is 2. The molecule has 4 rings (SSSR count). The van der Waals surface area contributed by atoms with Crippen LogP contribution in [0, 0.1) is 6.92 Å². The van der Waals surface area contributed by atoms with Gasteiger partial charge in [-0.25, -0.2) is 0 Å². The van der Waals surface area contributed by atoms with E-state index >= 15 is 0 Å². The van der Waals surface area contributed by atoms with Gasteiger partial charge in [0.25, 0.3) is 0 Å². The van der Waals surface area contributed by atoms with Gasteiger partial charge >= 0.3 is 0 Å². The minimum Gasteiger partial charge on any atom is -0.343 e. The van der Waals surface area contributed by atoms with E-state index in [9.17, 15) is 0 Å². The summed E-state index contributed by atoms with van der Waals surface area (Å²) in [5.41, 5.74) is 8.06. The maximum atomic E-state index is 2.60. The Morgan fingerprint density at radius 2 is 1.72 bits per heavy atom. The number of aryl methyl sites for hydroxylation is 1. The maximum absolute atomic E-state index is 2.60. The number of allylic oxidation sites excluding steroid dienone is 2. The summed E-state index contributed by atoms with van der Waals surface area (Å²) in [4.78, 5) is 5.02. The highest BCUT2D eigenvalue weighted by atomic mass is 15.2. The molecule has 1 aliphatic heterocycles. The molecule has 0 radical (unpaired) electrons. The van der Waals surface area contributed by atoms with Crippen molar-refractivity contribution in [2.24, 2.45) is 0 Å². The van der Waals surface area contributed by atoms with Gasteiger partial charge in [-0.3, -0.25) is 4.90 Å². The number of rotatable bonds is 5. The summed E-state index contributed by atoms with van der Waals surface area (Å²) in [5.74, 6) is 0. The summed E-state index contributed by atoms with van der Waals surface area (Å²) in [5, 5.41) is 1.39. The van der Waals surface area contributed by atoms with Gasteiger partial charge in [-0.05, 0) is 56.6 Å². The number of aromatic nitrogens is 1. The Morgan fingerprint density at radius 3 is 2.45 bits per heavy atom. The van der Waals surface area contributed by atoms with Crippen molar-refractivity contribution in [2.45, 2.75) is 33.9 Å². The van der Waals surface area contributed by atoms with Crippen LogP contribution in [0.2, 0.25) is 0 Å². The molecule has 0 aliphatic carbocycles. The highest BCUT2D eigenvalue weighted by Gasteiger charge is 2.17. The van der Waals surface area contributed by atoms with Gasteiger partial charge in [-0.1, -0.05) is 47.5 Å². The average Bonchev–Trinajstić information content (AvgIpc) is 3.05. The zero-order valence-electron chi connectivity index (χ0n) is 18.3. The van der Waals surface area contributed by atoms with Crippen molar-refractivity contribution in [1.29, 1.82) is 0 Å². The van der Waals surface area contributed by atoms with Crippen molar-refractivity contribution in [3.05, 3.63) is 71.4 Å². The minimum absolute atomic E-state index is 0.936. The summed E-state index contributed by atoms with van der Waals surface area (Å²) in [6.07, 6.45) is 4.69. The Morgan fingerprint density at radius 1 is 0.966 bits per heavy atom. The number of hydrogen-bond donors (Lipinski definition) is 0. The lowest BCUT2D eigenvalue weighted by atomic mass is 10.0. The van der Waals surface area contributed by atoms with Crippen LogP contribution in [0.25, 0.3) is 22.0 Å². The highest BCUT2D eigenvalue weighted by Crippen LogP contribution is 2.29. The molecule has 3 nitrogen and oxygen atoms in total. The predicted molar refractivity (Wildman–Crippen MR) is 124 cm³/mol. The molecule has 0 saturated carbocycles. The largest absolute Gasteiger partial charge is 0.343 e. The molecular formula is C26H33N3. The van der Waals surface area contributed by atoms with E-state index in [1.807, 2.05) is 0 Å². The normalized spacial score (nSPS) is 15.7. The fourth-order valence-corrected chi connectivity index (χ4v) is 4.18. The SMILES string of the molecule is CC(C)=CCn1cc(CN2CCN(C)CC2)c2cc(-c3cccc(C)c3)ccc21. The van der Waals surface area contributed by atoms with E-state index < -0.39 is 0 Å². The van der Waals surface area contributed by atoms with Crippen molar-refractivity contribution in [3.63, 3.8) is 0 Å². The van der Waals surface area contributed by atoms with Crippen LogP contribution in [-0.4, -0.2) is 47.6 Å². The first-order valence-electron chi connectivity index (χ1n) is 10.7. The van der Waals surface area contributed by atoms with Crippen LogP contribution < -0.4 is 0 Å². The molecule has 0 atom stereocenters. The molecule has 0 amide bonds. The maximum Gasteiger partial charge on any atom is 0.0487 e. The van der Waals surface area contributed by atoms with Crippen LogP contribution >= 0.6 is 0 Å². The van der Waals surface area contributed by atoms with E-state index in [1.165, 1.54) is 38.7 Å². The Labute approximate surface area is 175 Å². The number of likely N-dealkylation sites (N-methyl/N-ethyl adjacent to an activating group) is 1. The summed E-state index contributed by atoms with van der Waals surface area (Å²) in [6, 6.07) is 15.8. The van der Waals surface area contributed by atoms with Gasteiger partial charge in [0.05, 0.1) is 0 Å². The lowest BCUT2D eigenvalue weighted by Gasteiger charge is -2.32. The van der Waals surface area contributed by atoms with E-state index in [-0.39, 0.29) is 0 Å². The molecule has 3 aromatic rings. The van der Waals surface area contributed by atoms with E-state index in [2.05, 4.69) is 96.9 Å². The molecular weight excluding hydrogens is 354 g/mol. The van der Waals surface area contributed by atoms with Crippen molar-refractivity contribution in [1.82, 2.24) is 14.4 Å². The molecule has 1 fully saturated rings. The zero-order chi connectivity index (χ0) is 20.4. The van der Waals surface area contributed by atoms with E-state index in [0.717, 1.165) is 39.3 Å². The average molecular weight is 388 g/mol. The first-order valence-corrected chi connectivity index (χ1v) is 10.7. The van der Waals surface area contributed by atoms with Crippen LogP contribution in [0.5, 0.6) is 0 Å². The van der Waals surface area contributed by atoms with E-state index in [4.69, 9.17) is 0 Å². The van der Waals surface area contributed by atoms with Crippen LogP contribution in [-0.2, 0) is 13.1 Å². The quantitative estimate of drug-likeness (QED) is 0.548. The first-order chi connectivity index (χ1) is 14.0. The van der Waals surface area contributed by atoms with Crippen LogP contribution in [0.1, 0.15) is 25.0 Å².